The second-order valence-electron chi connectivity index (χ2n) is 5.09. The maximum atomic E-state index is 14.2. The minimum absolute atomic E-state index is 0.108. The zero-order chi connectivity index (χ0) is 14.3. The fourth-order valence-electron chi connectivity index (χ4n) is 2.69. The Morgan fingerprint density at radius 3 is 2.70 bits per heavy atom. The Morgan fingerprint density at radius 2 is 2.00 bits per heavy atom. The lowest BCUT2D eigenvalue weighted by Gasteiger charge is -2.33. The van der Waals surface area contributed by atoms with E-state index in [-0.39, 0.29) is 11.6 Å². The Kier molecular flexibility index (Phi) is 3.17. The minimum atomic E-state index is -0.703. The molecule has 0 saturated carbocycles. The van der Waals surface area contributed by atoms with Gasteiger partial charge in [0.1, 0.15) is 5.82 Å². The van der Waals surface area contributed by atoms with Crippen molar-refractivity contribution in [2.45, 2.75) is 18.9 Å². The molecule has 0 radical (unpaired) electrons. The van der Waals surface area contributed by atoms with E-state index in [9.17, 15) is 14.0 Å². The molecule has 5 nitrogen and oxygen atoms in total. The van der Waals surface area contributed by atoms with Gasteiger partial charge in [0.15, 0.2) is 0 Å². The Labute approximate surface area is 115 Å². The number of rotatable bonds is 2. The van der Waals surface area contributed by atoms with E-state index >= 15 is 0 Å². The number of ether oxygens (including phenoxy) is 1. The molecular weight excluding hydrogens is 263 g/mol. The minimum Gasteiger partial charge on any atom is -0.381 e. The molecule has 0 unspecified atom stereocenters. The predicted octanol–water partition coefficient (Wildman–Crippen LogP) is 1.58. The van der Waals surface area contributed by atoms with E-state index in [0.29, 0.717) is 24.6 Å². The van der Waals surface area contributed by atoms with Gasteiger partial charge in [0.05, 0.1) is 16.9 Å². The normalized spacial score (nSPS) is 18.9. The average molecular weight is 278 g/mol. The van der Waals surface area contributed by atoms with Crippen LogP contribution in [-0.2, 0) is 9.53 Å². The molecule has 2 aliphatic rings. The molecular formula is C14H15FN2O3. The molecule has 20 heavy (non-hydrogen) atoms. The summed E-state index contributed by atoms with van der Waals surface area (Å²) in [6, 6.07) is 2.87. The average Bonchev–Trinajstić information content (AvgIpc) is 2.74. The van der Waals surface area contributed by atoms with E-state index in [0.717, 1.165) is 18.9 Å². The van der Waals surface area contributed by atoms with Crippen LogP contribution < -0.4 is 10.2 Å². The molecule has 2 heterocycles. The third-order valence-electron chi connectivity index (χ3n) is 3.90. The molecule has 0 atom stereocenters. The van der Waals surface area contributed by atoms with Gasteiger partial charge in [-0.25, -0.2) is 4.39 Å². The number of halogens is 1. The van der Waals surface area contributed by atoms with Crippen LogP contribution in [0.5, 0.6) is 0 Å². The van der Waals surface area contributed by atoms with Crippen LogP contribution in [0.3, 0.4) is 0 Å². The molecule has 1 aromatic rings. The van der Waals surface area contributed by atoms with Crippen molar-refractivity contribution in [3.63, 3.8) is 0 Å². The highest BCUT2D eigenvalue weighted by Gasteiger charge is 2.31. The molecule has 6 heteroatoms. The lowest BCUT2D eigenvalue weighted by atomic mass is 10.1. The third kappa shape index (κ3) is 2.06. The summed E-state index contributed by atoms with van der Waals surface area (Å²) in [6.07, 6.45) is 1.66. The van der Waals surface area contributed by atoms with Crippen molar-refractivity contribution < 1.29 is 18.7 Å². The number of benzene rings is 1. The molecule has 1 fully saturated rings. The summed E-state index contributed by atoms with van der Waals surface area (Å²) in [6.45, 7) is 1.33. The first-order valence-corrected chi connectivity index (χ1v) is 6.57. The first-order valence-electron chi connectivity index (χ1n) is 6.57. The van der Waals surface area contributed by atoms with Crippen molar-refractivity contribution in [2.24, 2.45) is 0 Å². The van der Waals surface area contributed by atoms with Crippen LogP contribution in [0.15, 0.2) is 12.1 Å². The molecule has 1 amide bonds. The second kappa shape index (κ2) is 4.86. The van der Waals surface area contributed by atoms with Crippen LogP contribution in [0.4, 0.5) is 15.8 Å². The van der Waals surface area contributed by atoms with Gasteiger partial charge in [0, 0.05) is 26.3 Å². The molecule has 3 rings (SSSR count). The number of carbonyl (C=O) groups is 2. The monoisotopic (exact) mass is 278 g/mol. The van der Waals surface area contributed by atoms with Gasteiger partial charge in [0.2, 0.25) is 0 Å². The van der Waals surface area contributed by atoms with E-state index < -0.39 is 17.5 Å². The van der Waals surface area contributed by atoms with E-state index in [1.807, 2.05) is 11.9 Å². The highest BCUT2D eigenvalue weighted by molar-refractivity contribution is 6.51. The van der Waals surface area contributed by atoms with Gasteiger partial charge in [0.25, 0.3) is 11.7 Å². The number of carbonyl (C=O) groups excluding carboxylic acids is 2. The summed E-state index contributed by atoms with van der Waals surface area (Å²) in [7, 11) is 1.82. The molecule has 1 N–H and O–H groups in total. The molecule has 0 bridgehead atoms. The third-order valence-corrected chi connectivity index (χ3v) is 3.90. The zero-order valence-corrected chi connectivity index (χ0v) is 11.1. The number of hydrogen-bond acceptors (Lipinski definition) is 4. The number of nitrogens with zero attached hydrogens (tertiary/aromatic N) is 1. The number of fused-ring (bicyclic) bond motifs is 1. The summed E-state index contributed by atoms with van der Waals surface area (Å²) in [5, 5.41) is 2.47. The standard InChI is InChI=1S/C14H15FN2O3/c1-17(8-2-4-20-5-3-8)12-7-11-9(6-10(12)15)13(18)14(19)16-11/h6-8H,2-5H2,1H3,(H,16,18,19). The first-order chi connectivity index (χ1) is 9.58. The quantitative estimate of drug-likeness (QED) is 0.834. The van der Waals surface area contributed by atoms with Crippen molar-refractivity contribution in [1.29, 1.82) is 0 Å². The summed E-state index contributed by atoms with van der Waals surface area (Å²) in [5.74, 6) is -1.87. The predicted molar refractivity (Wildman–Crippen MR) is 71.6 cm³/mol. The van der Waals surface area contributed by atoms with Crippen LogP contribution in [0.2, 0.25) is 0 Å². The zero-order valence-electron chi connectivity index (χ0n) is 11.1. The summed E-state index contributed by atoms with van der Waals surface area (Å²) >= 11 is 0. The number of ketones is 1. The Morgan fingerprint density at radius 1 is 1.30 bits per heavy atom. The first kappa shape index (κ1) is 13.1. The van der Waals surface area contributed by atoms with Crippen LogP contribution in [-0.4, -0.2) is 38.0 Å². The second-order valence-corrected chi connectivity index (χ2v) is 5.09. The van der Waals surface area contributed by atoms with Gasteiger partial charge in [-0.1, -0.05) is 0 Å². The summed E-state index contributed by atoms with van der Waals surface area (Å²) in [5.41, 5.74) is 0.887. The number of nitrogens with one attached hydrogen (secondary N) is 1. The summed E-state index contributed by atoms with van der Waals surface area (Å²) in [4.78, 5) is 24.7. The van der Waals surface area contributed by atoms with Crippen LogP contribution in [0.1, 0.15) is 23.2 Å². The lowest BCUT2D eigenvalue weighted by molar-refractivity contribution is -0.112. The maximum absolute atomic E-state index is 14.2. The molecule has 106 valence electrons. The fourth-order valence-corrected chi connectivity index (χ4v) is 2.69. The van der Waals surface area contributed by atoms with E-state index in [1.165, 1.54) is 6.07 Å². The SMILES string of the molecule is CN(c1cc2c(cc1F)C(=O)C(=O)N2)C1CCOCC1. The Balaban J connectivity index is 1.93. The number of hydrogen-bond donors (Lipinski definition) is 1. The van der Waals surface area contributed by atoms with Crippen LogP contribution in [0.25, 0.3) is 0 Å². The van der Waals surface area contributed by atoms with Crippen molar-refractivity contribution in [3.05, 3.63) is 23.5 Å². The van der Waals surface area contributed by atoms with Gasteiger partial charge < -0.3 is 15.0 Å². The lowest BCUT2D eigenvalue weighted by Crippen LogP contribution is -2.37. The highest BCUT2D eigenvalue weighted by atomic mass is 19.1. The van der Waals surface area contributed by atoms with Gasteiger partial charge in [-0.3, -0.25) is 9.59 Å². The van der Waals surface area contributed by atoms with E-state index in [4.69, 9.17) is 4.74 Å². The number of Topliss-reactive ketones (excluding diaryl/α,β-unsaturated/α-hetero) is 1. The maximum Gasteiger partial charge on any atom is 0.296 e. The van der Waals surface area contributed by atoms with Gasteiger partial charge in [-0.2, -0.15) is 0 Å². The van der Waals surface area contributed by atoms with Crippen molar-refractivity contribution >= 4 is 23.1 Å². The summed E-state index contributed by atoms with van der Waals surface area (Å²) < 4.78 is 19.5. The van der Waals surface area contributed by atoms with Crippen LogP contribution in [0, 0.1) is 5.82 Å². The Bertz CT molecular complexity index is 582. The molecule has 0 spiro atoms. The van der Waals surface area contributed by atoms with Gasteiger partial charge >= 0.3 is 0 Å². The largest absolute Gasteiger partial charge is 0.381 e. The topological polar surface area (TPSA) is 58.6 Å². The van der Waals surface area contributed by atoms with Gasteiger partial charge in [-0.05, 0) is 25.0 Å². The van der Waals surface area contributed by atoms with Crippen molar-refractivity contribution in [1.82, 2.24) is 0 Å². The van der Waals surface area contributed by atoms with Crippen molar-refractivity contribution in [2.75, 3.05) is 30.5 Å². The van der Waals surface area contributed by atoms with E-state index in [2.05, 4.69) is 5.32 Å². The smallest absolute Gasteiger partial charge is 0.296 e. The number of anilines is 2. The molecule has 2 aliphatic heterocycles. The van der Waals surface area contributed by atoms with E-state index in [1.54, 1.807) is 0 Å². The van der Waals surface area contributed by atoms with Gasteiger partial charge in [-0.15, -0.1) is 0 Å². The number of amides is 1. The van der Waals surface area contributed by atoms with Crippen molar-refractivity contribution in [3.8, 4) is 0 Å². The fraction of sp³-hybridized carbons (Fsp3) is 0.429. The molecule has 1 saturated heterocycles. The molecule has 0 aliphatic carbocycles. The molecule has 1 aromatic carbocycles. The molecule has 0 aromatic heterocycles. The van der Waals surface area contributed by atoms with Crippen LogP contribution >= 0.6 is 0 Å². The highest BCUT2D eigenvalue weighted by Crippen LogP contribution is 2.32. The Hall–Kier alpha value is -1.95.